The Bertz CT molecular complexity index is 389. The molecule has 2 nitrogen and oxygen atoms in total. The van der Waals surface area contributed by atoms with E-state index in [1.54, 1.807) is 0 Å². The summed E-state index contributed by atoms with van der Waals surface area (Å²) in [6.45, 7) is 0.578. The van der Waals surface area contributed by atoms with Gasteiger partial charge in [0.25, 0.3) is 0 Å². The summed E-state index contributed by atoms with van der Waals surface area (Å²) in [5.74, 6) is 0. The molecule has 1 unspecified atom stereocenters. The van der Waals surface area contributed by atoms with Crippen LogP contribution in [-0.2, 0) is 0 Å². The van der Waals surface area contributed by atoms with Crippen LogP contribution in [0, 0.1) is 0 Å². The summed E-state index contributed by atoms with van der Waals surface area (Å²) >= 11 is 12.0. The second-order valence-electron chi connectivity index (χ2n) is 4.96. The minimum absolute atomic E-state index is 0.169. The first kappa shape index (κ1) is 14.1. The van der Waals surface area contributed by atoms with Crippen LogP contribution in [0.2, 0.25) is 10.0 Å². The van der Waals surface area contributed by atoms with Crippen molar-refractivity contribution < 1.29 is 0 Å². The van der Waals surface area contributed by atoms with Crippen LogP contribution in [0.5, 0.6) is 0 Å². The summed E-state index contributed by atoms with van der Waals surface area (Å²) in [4.78, 5) is 0. The molecular weight excluding hydrogens is 267 g/mol. The number of halogens is 2. The molecule has 1 aliphatic rings. The molecular formula is C14H20Cl2N2. The maximum Gasteiger partial charge on any atom is 0.0595 e. The largest absolute Gasteiger partial charge is 0.329 e. The third kappa shape index (κ3) is 3.61. The minimum atomic E-state index is 0.169. The van der Waals surface area contributed by atoms with Crippen LogP contribution in [0.25, 0.3) is 0 Å². The van der Waals surface area contributed by atoms with E-state index in [4.69, 9.17) is 28.9 Å². The Labute approximate surface area is 119 Å². The molecule has 0 aliphatic heterocycles. The molecule has 1 atom stereocenters. The van der Waals surface area contributed by atoms with Crippen molar-refractivity contribution in [2.45, 2.75) is 44.2 Å². The molecule has 0 aromatic heterocycles. The van der Waals surface area contributed by atoms with Crippen molar-refractivity contribution in [2.75, 3.05) is 6.54 Å². The highest BCUT2D eigenvalue weighted by Gasteiger charge is 2.18. The lowest BCUT2D eigenvalue weighted by Gasteiger charge is -2.28. The number of hydrogen-bond donors (Lipinski definition) is 2. The van der Waals surface area contributed by atoms with Gasteiger partial charge < -0.3 is 11.1 Å². The average Bonchev–Trinajstić information content (AvgIpc) is 2.40. The first-order valence-electron chi connectivity index (χ1n) is 6.62. The molecule has 0 saturated heterocycles. The zero-order valence-electron chi connectivity index (χ0n) is 10.5. The van der Waals surface area contributed by atoms with Crippen molar-refractivity contribution in [3.05, 3.63) is 33.8 Å². The molecule has 18 heavy (non-hydrogen) atoms. The fourth-order valence-electron chi connectivity index (χ4n) is 2.58. The van der Waals surface area contributed by atoms with Crippen LogP contribution in [0.1, 0.15) is 43.7 Å². The molecule has 0 spiro atoms. The van der Waals surface area contributed by atoms with E-state index < -0.39 is 0 Å². The summed E-state index contributed by atoms with van der Waals surface area (Å²) < 4.78 is 0. The molecule has 0 heterocycles. The predicted molar refractivity (Wildman–Crippen MR) is 78.3 cm³/mol. The van der Waals surface area contributed by atoms with Gasteiger partial charge in [-0.1, -0.05) is 48.5 Å². The standard InChI is InChI=1S/C14H20Cl2N2/c15-12-7-6-10(8-13(12)16)14(9-17)18-11-4-2-1-3-5-11/h6-8,11,14,18H,1-5,9,17H2. The lowest BCUT2D eigenvalue weighted by atomic mass is 9.94. The summed E-state index contributed by atoms with van der Waals surface area (Å²) in [7, 11) is 0. The second-order valence-corrected chi connectivity index (χ2v) is 5.78. The monoisotopic (exact) mass is 286 g/mol. The second kappa shape index (κ2) is 6.76. The number of rotatable bonds is 4. The molecule has 2 rings (SSSR count). The van der Waals surface area contributed by atoms with Gasteiger partial charge in [0.2, 0.25) is 0 Å². The fourth-order valence-corrected chi connectivity index (χ4v) is 2.89. The van der Waals surface area contributed by atoms with Gasteiger partial charge in [0.1, 0.15) is 0 Å². The van der Waals surface area contributed by atoms with Crippen molar-refractivity contribution in [3.63, 3.8) is 0 Å². The highest BCUT2D eigenvalue weighted by molar-refractivity contribution is 6.42. The van der Waals surface area contributed by atoms with Crippen molar-refractivity contribution >= 4 is 23.2 Å². The van der Waals surface area contributed by atoms with E-state index in [0.717, 1.165) is 5.56 Å². The Hall–Kier alpha value is -0.280. The molecule has 0 radical (unpaired) electrons. The van der Waals surface area contributed by atoms with E-state index in [9.17, 15) is 0 Å². The van der Waals surface area contributed by atoms with Crippen LogP contribution < -0.4 is 11.1 Å². The number of benzene rings is 1. The summed E-state index contributed by atoms with van der Waals surface area (Å²) in [6.07, 6.45) is 6.49. The van der Waals surface area contributed by atoms with Gasteiger partial charge in [0.15, 0.2) is 0 Å². The Morgan fingerprint density at radius 2 is 1.89 bits per heavy atom. The SMILES string of the molecule is NCC(NC1CCCCC1)c1ccc(Cl)c(Cl)c1. The van der Waals surface area contributed by atoms with Crippen molar-refractivity contribution in [1.29, 1.82) is 0 Å². The van der Waals surface area contributed by atoms with Gasteiger partial charge in [-0.2, -0.15) is 0 Å². The minimum Gasteiger partial charge on any atom is -0.329 e. The molecule has 1 aliphatic carbocycles. The van der Waals surface area contributed by atoms with Gasteiger partial charge in [-0.05, 0) is 30.5 Å². The normalized spacial score (nSPS) is 18.8. The van der Waals surface area contributed by atoms with Gasteiger partial charge in [0, 0.05) is 18.6 Å². The van der Waals surface area contributed by atoms with Crippen LogP contribution in [0.15, 0.2) is 18.2 Å². The van der Waals surface area contributed by atoms with Gasteiger partial charge in [-0.3, -0.25) is 0 Å². The van der Waals surface area contributed by atoms with E-state index in [-0.39, 0.29) is 6.04 Å². The first-order valence-corrected chi connectivity index (χ1v) is 7.37. The van der Waals surface area contributed by atoms with Crippen LogP contribution >= 0.6 is 23.2 Å². The summed E-state index contributed by atoms with van der Waals surface area (Å²) in [5, 5.41) is 4.83. The van der Waals surface area contributed by atoms with E-state index in [1.165, 1.54) is 32.1 Å². The Balaban J connectivity index is 2.04. The maximum atomic E-state index is 6.06. The molecule has 0 amide bonds. The van der Waals surface area contributed by atoms with Crippen LogP contribution in [0.4, 0.5) is 0 Å². The Kier molecular flexibility index (Phi) is 5.31. The zero-order valence-corrected chi connectivity index (χ0v) is 12.0. The molecule has 1 fully saturated rings. The molecule has 100 valence electrons. The van der Waals surface area contributed by atoms with Crippen molar-refractivity contribution in [3.8, 4) is 0 Å². The predicted octanol–water partition coefficient (Wildman–Crippen LogP) is 3.92. The molecule has 0 bridgehead atoms. The van der Waals surface area contributed by atoms with Gasteiger partial charge in [-0.15, -0.1) is 0 Å². The van der Waals surface area contributed by atoms with E-state index in [1.807, 2.05) is 18.2 Å². The van der Waals surface area contributed by atoms with Crippen molar-refractivity contribution in [2.24, 2.45) is 5.73 Å². The van der Waals surface area contributed by atoms with Crippen LogP contribution in [0.3, 0.4) is 0 Å². The zero-order chi connectivity index (χ0) is 13.0. The fraction of sp³-hybridized carbons (Fsp3) is 0.571. The van der Waals surface area contributed by atoms with Crippen molar-refractivity contribution in [1.82, 2.24) is 5.32 Å². The molecule has 4 heteroatoms. The highest BCUT2D eigenvalue weighted by atomic mass is 35.5. The van der Waals surface area contributed by atoms with E-state index in [2.05, 4.69) is 5.32 Å². The quantitative estimate of drug-likeness (QED) is 0.881. The third-order valence-electron chi connectivity index (χ3n) is 3.62. The summed E-state index contributed by atoms with van der Waals surface area (Å²) in [6, 6.07) is 6.51. The van der Waals surface area contributed by atoms with Gasteiger partial charge in [-0.25, -0.2) is 0 Å². The molecule has 1 saturated carbocycles. The topological polar surface area (TPSA) is 38.0 Å². The maximum absolute atomic E-state index is 6.06. The molecule has 3 N–H and O–H groups in total. The van der Waals surface area contributed by atoms with E-state index >= 15 is 0 Å². The first-order chi connectivity index (χ1) is 8.70. The summed E-state index contributed by atoms with van der Waals surface area (Å²) in [5.41, 5.74) is 6.99. The Morgan fingerprint density at radius 3 is 2.50 bits per heavy atom. The van der Waals surface area contributed by atoms with Gasteiger partial charge in [0.05, 0.1) is 10.0 Å². The lowest BCUT2D eigenvalue weighted by Crippen LogP contribution is -2.37. The van der Waals surface area contributed by atoms with E-state index in [0.29, 0.717) is 22.6 Å². The number of nitrogens with one attached hydrogen (secondary N) is 1. The highest BCUT2D eigenvalue weighted by Crippen LogP contribution is 2.27. The van der Waals surface area contributed by atoms with Gasteiger partial charge >= 0.3 is 0 Å². The molecule has 1 aromatic rings. The molecule has 1 aromatic carbocycles. The lowest BCUT2D eigenvalue weighted by molar-refractivity contribution is 0.340. The van der Waals surface area contributed by atoms with Crippen LogP contribution in [-0.4, -0.2) is 12.6 Å². The number of hydrogen-bond acceptors (Lipinski definition) is 2. The average molecular weight is 287 g/mol. The third-order valence-corrected chi connectivity index (χ3v) is 4.36. The number of nitrogens with two attached hydrogens (primary N) is 1. The smallest absolute Gasteiger partial charge is 0.0595 e. The Morgan fingerprint density at radius 1 is 1.17 bits per heavy atom.